The summed E-state index contributed by atoms with van der Waals surface area (Å²) in [4.78, 5) is 0. The van der Waals surface area contributed by atoms with Gasteiger partial charge < -0.3 is 13.6 Å². The topological polar surface area (TPSA) is 31.6 Å². The molecule has 1 aromatic carbocycles. The molecule has 22 heavy (non-hydrogen) atoms. The highest BCUT2D eigenvalue weighted by atomic mass is 79.9. The second-order valence-corrected chi connectivity index (χ2v) is 12.7. The maximum absolute atomic E-state index is 6.26. The van der Waals surface area contributed by atoms with Crippen LogP contribution in [0, 0.1) is 0 Å². The van der Waals surface area contributed by atoms with Gasteiger partial charge in [0.05, 0.1) is 13.4 Å². The third kappa shape index (κ3) is 3.41. The molecule has 0 saturated carbocycles. The van der Waals surface area contributed by atoms with Crippen LogP contribution in [0.5, 0.6) is 5.75 Å². The molecule has 0 bridgehead atoms. The van der Waals surface area contributed by atoms with E-state index in [4.69, 9.17) is 13.6 Å². The van der Waals surface area contributed by atoms with E-state index in [0.717, 1.165) is 39.8 Å². The van der Waals surface area contributed by atoms with Crippen molar-refractivity contribution < 1.29 is 13.6 Å². The number of halogens is 1. The molecule has 0 aliphatic rings. The molecule has 0 radical (unpaired) electrons. The van der Waals surface area contributed by atoms with Gasteiger partial charge in [-0.15, -0.1) is 0 Å². The first kappa shape index (κ1) is 17.6. The van der Waals surface area contributed by atoms with E-state index < -0.39 is 8.32 Å². The lowest BCUT2D eigenvalue weighted by atomic mass is 10.1. The van der Waals surface area contributed by atoms with Crippen molar-refractivity contribution in [3.05, 3.63) is 28.4 Å². The van der Waals surface area contributed by atoms with Crippen LogP contribution in [0.25, 0.3) is 11.0 Å². The van der Waals surface area contributed by atoms with Crippen molar-refractivity contribution in [2.75, 3.05) is 13.7 Å². The summed E-state index contributed by atoms with van der Waals surface area (Å²) in [7, 11) is -0.0461. The minimum Gasteiger partial charge on any atom is -0.493 e. The molecule has 1 aromatic heterocycles. The van der Waals surface area contributed by atoms with E-state index in [-0.39, 0.29) is 5.04 Å². The number of methoxy groups -OCH3 is 1. The van der Waals surface area contributed by atoms with Gasteiger partial charge in [0.2, 0.25) is 0 Å². The number of fused-ring (bicyclic) bond motifs is 1. The van der Waals surface area contributed by atoms with E-state index >= 15 is 0 Å². The lowest BCUT2D eigenvalue weighted by molar-refractivity contribution is 0.292. The molecule has 0 spiro atoms. The zero-order valence-electron chi connectivity index (χ0n) is 14.2. The summed E-state index contributed by atoms with van der Waals surface area (Å²) in [5.74, 6) is 0.759. The van der Waals surface area contributed by atoms with Gasteiger partial charge in [0, 0.05) is 22.0 Å². The fourth-order valence-electron chi connectivity index (χ4n) is 2.12. The Bertz CT molecular complexity index is 656. The van der Waals surface area contributed by atoms with Crippen LogP contribution < -0.4 is 4.74 Å². The van der Waals surface area contributed by atoms with Crippen LogP contribution in [0.1, 0.15) is 26.3 Å². The SMILES string of the molecule is COc1ccc(Br)c2c(CCO[Si](C)(C)C(C)(C)C)coc12. The van der Waals surface area contributed by atoms with Crippen LogP contribution in [0.4, 0.5) is 0 Å². The fraction of sp³-hybridized carbons (Fsp3) is 0.529. The fourth-order valence-corrected chi connectivity index (χ4v) is 3.73. The van der Waals surface area contributed by atoms with Crippen molar-refractivity contribution in [3.8, 4) is 5.75 Å². The maximum atomic E-state index is 6.26. The monoisotopic (exact) mass is 384 g/mol. The highest BCUT2D eigenvalue weighted by molar-refractivity contribution is 9.10. The van der Waals surface area contributed by atoms with Crippen LogP contribution >= 0.6 is 15.9 Å². The predicted molar refractivity (Wildman–Crippen MR) is 97.3 cm³/mol. The quantitative estimate of drug-likeness (QED) is 0.613. The third-order valence-corrected chi connectivity index (χ3v) is 9.77. The highest BCUT2D eigenvalue weighted by Gasteiger charge is 2.36. The Morgan fingerprint density at radius 1 is 1.23 bits per heavy atom. The molecule has 5 heteroatoms. The molecule has 2 rings (SSSR count). The lowest BCUT2D eigenvalue weighted by Crippen LogP contribution is -2.41. The van der Waals surface area contributed by atoms with Gasteiger partial charge in [0.15, 0.2) is 19.6 Å². The van der Waals surface area contributed by atoms with Gasteiger partial charge in [0.1, 0.15) is 0 Å². The van der Waals surface area contributed by atoms with Crippen molar-refractivity contribution in [3.63, 3.8) is 0 Å². The van der Waals surface area contributed by atoms with Gasteiger partial charge in [-0.25, -0.2) is 0 Å². The summed E-state index contributed by atoms with van der Waals surface area (Å²) < 4.78 is 18.4. The summed E-state index contributed by atoms with van der Waals surface area (Å²) in [5, 5.41) is 1.31. The van der Waals surface area contributed by atoms with Gasteiger partial charge >= 0.3 is 0 Å². The minimum atomic E-state index is -1.70. The molecule has 2 aromatic rings. The van der Waals surface area contributed by atoms with E-state index in [0.29, 0.717) is 0 Å². The van der Waals surface area contributed by atoms with Gasteiger partial charge in [-0.1, -0.05) is 36.7 Å². The van der Waals surface area contributed by atoms with Crippen LogP contribution in [-0.4, -0.2) is 22.0 Å². The molecule has 0 unspecified atom stereocenters. The molecular weight excluding hydrogens is 360 g/mol. The molecule has 122 valence electrons. The Labute approximate surface area is 142 Å². The summed E-state index contributed by atoms with van der Waals surface area (Å²) in [6.45, 7) is 12.0. The zero-order chi connectivity index (χ0) is 16.5. The van der Waals surface area contributed by atoms with Gasteiger partial charge in [-0.05, 0) is 36.7 Å². The summed E-state index contributed by atoms with van der Waals surface area (Å²) in [6.07, 6.45) is 2.65. The van der Waals surface area contributed by atoms with E-state index in [1.807, 2.05) is 18.4 Å². The van der Waals surface area contributed by atoms with Gasteiger partial charge in [0.25, 0.3) is 0 Å². The number of ether oxygens (including phenoxy) is 1. The summed E-state index contributed by atoms with van der Waals surface area (Å²) in [5.41, 5.74) is 1.94. The normalized spacial score (nSPS) is 12.9. The van der Waals surface area contributed by atoms with Crippen molar-refractivity contribution >= 4 is 35.2 Å². The standard InChI is InChI=1S/C17H25BrO3Si/c1-17(2,3)22(5,6)21-10-9-12-11-20-16-14(19-4)8-7-13(18)15(12)16/h7-8,11H,9-10H2,1-6H3. The van der Waals surface area contributed by atoms with Gasteiger partial charge in [-0.2, -0.15) is 0 Å². The van der Waals surface area contributed by atoms with Crippen molar-refractivity contribution in [1.82, 2.24) is 0 Å². The molecular formula is C17H25BrO3Si. The molecule has 3 nitrogen and oxygen atoms in total. The van der Waals surface area contributed by atoms with Crippen molar-refractivity contribution in [1.29, 1.82) is 0 Å². The Hall–Kier alpha value is -0.783. The second kappa shape index (κ2) is 6.38. The average Bonchev–Trinajstić information content (AvgIpc) is 2.83. The number of furan rings is 1. The van der Waals surface area contributed by atoms with E-state index in [1.54, 1.807) is 7.11 Å². The number of rotatable bonds is 5. The summed E-state index contributed by atoms with van der Waals surface area (Å²) >= 11 is 3.61. The predicted octanol–water partition coefficient (Wildman–Crippen LogP) is 5.77. The molecule has 0 atom stereocenters. The first-order chi connectivity index (χ1) is 10.2. The van der Waals surface area contributed by atoms with Crippen LogP contribution in [-0.2, 0) is 10.8 Å². The number of hydrogen-bond acceptors (Lipinski definition) is 3. The Kier molecular flexibility index (Phi) is 5.09. The van der Waals surface area contributed by atoms with Crippen LogP contribution in [0.3, 0.4) is 0 Å². The molecule has 0 saturated heterocycles. The molecule has 0 aliphatic carbocycles. The molecule has 0 amide bonds. The first-order valence-electron chi connectivity index (χ1n) is 7.54. The second-order valence-electron chi connectivity index (χ2n) is 7.07. The minimum absolute atomic E-state index is 0.231. The van der Waals surface area contributed by atoms with Crippen LogP contribution in [0.15, 0.2) is 27.3 Å². The van der Waals surface area contributed by atoms with E-state index in [9.17, 15) is 0 Å². The molecule has 0 aliphatic heterocycles. The lowest BCUT2D eigenvalue weighted by Gasteiger charge is -2.36. The smallest absolute Gasteiger partial charge is 0.191 e. The van der Waals surface area contributed by atoms with E-state index in [1.165, 1.54) is 0 Å². The van der Waals surface area contributed by atoms with E-state index in [2.05, 4.69) is 49.8 Å². The molecule has 0 fully saturated rings. The number of hydrogen-bond donors (Lipinski definition) is 0. The van der Waals surface area contributed by atoms with Crippen molar-refractivity contribution in [2.45, 2.75) is 45.3 Å². The third-order valence-electron chi connectivity index (χ3n) is 4.57. The van der Waals surface area contributed by atoms with Crippen molar-refractivity contribution in [2.24, 2.45) is 0 Å². The Balaban J connectivity index is 2.17. The zero-order valence-corrected chi connectivity index (χ0v) is 16.8. The summed E-state index contributed by atoms with van der Waals surface area (Å²) in [6, 6.07) is 3.90. The molecule has 0 N–H and O–H groups in total. The Morgan fingerprint density at radius 2 is 1.91 bits per heavy atom. The van der Waals surface area contributed by atoms with Gasteiger partial charge in [-0.3, -0.25) is 0 Å². The largest absolute Gasteiger partial charge is 0.493 e. The van der Waals surface area contributed by atoms with Crippen LogP contribution in [0.2, 0.25) is 18.1 Å². The number of benzene rings is 1. The average molecular weight is 385 g/mol. The first-order valence-corrected chi connectivity index (χ1v) is 11.2. The maximum Gasteiger partial charge on any atom is 0.191 e. The molecule has 1 heterocycles. The Morgan fingerprint density at radius 3 is 2.50 bits per heavy atom. The highest BCUT2D eigenvalue weighted by Crippen LogP contribution is 2.38.